The van der Waals surface area contributed by atoms with Crippen molar-refractivity contribution >= 4 is 29.3 Å². The zero-order valence-corrected chi connectivity index (χ0v) is 15.3. The van der Waals surface area contributed by atoms with Gasteiger partial charge in [0.25, 0.3) is 0 Å². The van der Waals surface area contributed by atoms with Gasteiger partial charge in [0.2, 0.25) is 5.91 Å². The maximum absolute atomic E-state index is 11.9. The van der Waals surface area contributed by atoms with Gasteiger partial charge in [-0.3, -0.25) is 4.79 Å². The van der Waals surface area contributed by atoms with Crippen molar-refractivity contribution in [2.24, 2.45) is 0 Å². The monoisotopic (exact) mass is 363 g/mol. The second-order valence-electron chi connectivity index (χ2n) is 5.32. The summed E-state index contributed by atoms with van der Waals surface area (Å²) in [6.07, 6.45) is 2.18. The Hall–Kier alpha value is -1.65. The molecule has 2 aromatic rings. The molecule has 0 aliphatic rings. The van der Waals surface area contributed by atoms with Gasteiger partial charge in [0.05, 0.1) is 7.11 Å². The van der Waals surface area contributed by atoms with E-state index in [9.17, 15) is 4.79 Å². The summed E-state index contributed by atoms with van der Waals surface area (Å²) in [6.45, 7) is 0.629. The summed E-state index contributed by atoms with van der Waals surface area (Å²) in [5.74, 6) is 1.88. The molecule has 0 radical (unpaired) electrons. The van der Waals surface area contributed by atoms with E-state index >= 15 is 0 Å². The molecule has 5 heteroatoms. The lowest BCUT2D eigenvalue weighted by Crippen LogP contribution is -2.25. The van der Waals surface area contributed by atoms with Crippen LogP contribution in [0.2, 0.25) is 5.02 Å². The number of ether oxygens (including phenoxy) is 1. The minimum Gasteiger partial charge on any atom is -0.496 e. The van der Waals surface area contributed by atoms with Crippen molar-refractivity contribution < 1.29 is 9.53 Å². The number of hydrogen-bond acceptors (Lipinski definition) is 3. The first-order valence-electron chi connectivity index (χ1n) is 7.96. The van der Waals surface area contributed by atoms with Crippen LogP contribution in [0.1, 0.15) is 18.4 Å². The first-order chi connectivity index (χ1) is 11.7. The Morgan fingerprint density at radius 3 is 2.67 bits per heavy atom. The van der Waals surface area contributed by atoms with Crippen LogP contribution >= 0.6 is 23.4 Å². The number of methoxy groups -OCH3 is 1. The number of benzene rings is 2. The average Bonchev–Trinajstić information content (AvgIpc) is 2.60. The summed E-state index contributed by atoms with van der Waals surface area (Å²) in [7, 11) is 1.66. The van der Waals surface area contributed by atoms with Gasteiger partial charge in [-0.1, -0.05) is 29.8 Å². The molecule has 0 aliphatic carbocycles. The maximum Gasteiger partial charge on any atom is 0.220 e. The van der Waals surface area contributed by atoms with Crippen molar-refractivity contribution in [2.75, 3.05) is 19.4 Å². The molecule has 0 bridgehead atoms. The molecule has 0 aliphatic heterocycles. The highest BCUT2D eigenvalue weighted by Gasteiger charge is 2.04. The number of rotatable bonds is 9. The van der Waals surface area contributed by atoms with Gasteiger partial charge in [-0.15, -0.1) is 11.8 Å². The molecular weight excluding hydrogens is 342 g/mol. The van der Waals surface area contributed by atoms with E-state index in [1.807, 2.05) is 48.5 Å². The van der Waals surface area contributed by atoms with Crippen molar-refractivity contribution in [3.63, 3.8) is 0 Å². The summed E-state index contributed by atoms with van der Waals surface area (Å²) in [4.78, 5) is 13.1. The number of hydrogen-bond donors (Lipinski definition) is 1. The highest BCUT2D eigenvalue weighted by molar-refractivity contribution is 7.99. The Balaban J connectivity index is 1.60. The van der Waals surface area contributed by atoms with Crippen LogP contribution in [-0.4, -0.2) is 25.3 Å². The minimum absolute atomic E-state index is 0.0987. The lowest BCUT2D eigenvalue weighted by Gasteiger charge is -2.09. The molecule has 0 atom stereocenters. The Kier molecular flexibility index (Phi) is 7.99. The second-order valence-corrected chi connectivity index (χ2v) is 6.92. The van der Waals surface area contributed by atoms with Crippen molar-refractivity contribution in [1.82, 2.24) is 5.32 Å². The third-order valence-electron chi connectivity index (χ3n) is 3.54. The van der Waals surface area contributed by atoms with E-state index in [1.54, 1.807) is 18.9 Å². The molecule has 0 fully saturated rings. The van der Waals surface area contributed by atoms with Gasteiger partial charge in [0.1, 0.15) is 5.75 Å². The van der Waals surface area contributed by atoms with Crippen LogP contribution in [0, 0.1) is 0 Å². The predicted molar refractivity (Wildman–Crippen MR) is 101 cm³/mol. The van der Waals surface area contributed by atoms with Crippen LogP contribution in [0.25, 0.3) is 0 Å². The third-order valence-corrected chi connectivity index (χ3v) is 4.89. The third kappa shape index (κ3) is 6.46. The highest BCUT2D eigenvalue weighted by atomic mass is 35.5. The van der Waals surface area contributed by atoms with Crippen LogP contribution in [0.4, 0.5) is 0 Å². The van der Waals surface area contributed by atoms with Gasteiger partial charge in [0.15, 0.2) is 0 Å². The predicted octanol–water partition coefficient (Wildman–Crippen LogP) is 4.58. The zero-order valence-electron chi connectivity index (χ0n) is 13.8. The van der Waals surface area contributed by atoms with Gasteiger partial charge in [0, 0.05) is 22.9 Å². The van der Waals surface area contributed by atoms with Crippen LogP contribution in [0.5, 0.6) is 5.75 Å². The Labute approximate surface area is 152 Å². The fourth-order valence-corrected chi connectivity index (χ4v) is 3.27. The smallest absolute Gasteiger partial charge is 0.220 e. The molecule has 3 nitrogen and oxygen atoms in total. The number of carbonyl (C=O) groups excluding carboxylic acids is 1. The topological polar surface area (TPSA) is 38.3 Å². The number of amides is 1. The molecular formula is C19H22ClNO2S. The van der Waals surface area contributed by atoms with Crippen LogP contribution in [0.15, 0.2) is 53.4 Å². The number of nitrogens with one attached hydrogen (secondary N) is 1. The lowest BCUT2D eigenvalue weighted by atomic mass is 10.1. The minimum atomic E-state index is 0.0987. The molecule has 0 unspecified atom stereocenters. The van der Waals surface area contributed by atoms with Crippen molar-refractivity contribution in [3.05, 3.63) is 59.1 Å². The van der Waals surface area contributed by atoms with Crippen molar-refractivity contribution in [3.8, 4) is 5.75 Å². The van der Waals surface area contributed by atoms with E-state index in [1.165, 1.54) is 4.90 Å². The SMILES string of the molecule is COc1ccccc1CCNC(=O)CCCSc1ccc(Cl)cc1. The second kappa shape index (κ2) is 10.3. The van der Waals surface area contributed by atoms with Crippen LogP contribution < -0.4 is 10.1 Å². The Morgan fingerprint density at radius 2 is 1.92 bits per heavy atom. The molecule has 0 heterocycles. The molecule has 2 rings (SSSR count). The first kappa shape index (κ1) is 18.7. The fraction of sp³-hybridized carbons (Fsp3) is 0.316. The van der Waals surface area contributed by atoms with Gasteiger partial charge in [-0.05, 0) is 54.5 Å². The molecule has 0 saturated heterocycles. The lowest BCUT2D eigenvalue weighted by molar-refractivity contribution is -0.121. The molecule has 0 spiro atoms. The molecule has 1 N–H and O–H groups in total. The average molecular weight is 364 g/mol. The van der Waals surface area contributed by atoms with Crippen LogP contribution in [-0.2, 0) is 11.2 Å². The number of para-hydroxylation sites is 1. The Morgan fingerprint density at radius 1 is 1.17 bits per heavy atom. The van der Waals surface area contributed by atoms with Crippen LogP contribution in [0.3, 0.4) is 0 Å². The van der Waals surface area contributed by atoms with Gasteiger partial charge < -0.3 is 10.1 Å². The summed E-state index contributed by atoms with van der Waals surface area (Å²) < 4.78 is 5.31. The summed E-state index contributed by atoms with van der Waals surface area (Å²) in [6, 6.07) is 15.6. The van der Waals surface area contributed by atoms with E-state index in [2.05, 4.69) is 5.32 Å². The van der Waals surface area contributed by atoms with E-state index in [0.717, 1.165) is 34.9 Å². The number of halogens is 1. The maximum atomic E-state index is 11.9. The van der Waals surface area contributed by atoms with Crippen molar-refractivity contribution in [2.45, 2.75) is 24.2 Å². The highest BCUT2D eigenvalue weighted by Crippen LogP contribution is 2.21. The molecule has 2 aromatic carbocycles. The number of thioether (sulfide) groups is 1. The quantitative estimate of drug-likeness (QED) is 0.523. The van der Waals surface area contributed by atoms with Gasteiger partial charge in [-0.25, -0.2) is 0 Å². The van der Waals surface area contributed by atoms with E-state index in [4.69, 9.17) is 16.3 Å². The largest absolute Gasteiger partial charge is 0.496 e. The van der Waals surface area contributed by atoms with E-state index < -0.39 is 0 Å². The van der Waals surface area contributed by atoms with Gasteiger partial charge in [-0.2, -0.15) is 0 Å². The zero-order chi connectivity index (χ0) is 17.2. The summed E-state index contributed by atoms with van der Waals surface area (Å²) >= 11 is 7.60. The fourth-order valence-electron chi connectivity index (χ4n) is 2.29. The molecule has 0 aromatic heterocycles. The van der Waals surface area contributed by atoms with E-state index in [-0.39, 0.29) is 5.91 Å². The van der Waals surface area contributed by atoms with E-state index in [0.29, 0.717) is 13.0 Å². The van der Waals surface area contributed by atoms with Crippen molar-refractivity contribution in [1.29, 1.82) is 0 Å². The number of carbonyl (C=O) groups is 1. The summed E-state index contributed by atoms with van der Waals surface area (Å²) in [5.41, 5.74) is 1.11. The van der Waals surface area contributed by atoms with Gasteiger partial charge >= 0.3 is 0 Å². The molecule has 0 saturated carbocycles. The molecule has 128 valence electrons. The first-order valence-corrected chi connectivity index (χ1v) is 9.32. The molecule has 1 amide bonds. The molecule has 24 heavy (non-hydrogen) atoms. The Bertz CT molecular complexity index is 646. The normalized spacial score (nSPS) is 10.4. The standard InChI is InChI=1S/C19H22ClNO2S/c1-23-18-6-3-2-5-15(18)12-13-21-19(22)7-4-14-24-17-10-8-16(20)9-11-17/h2-3,5-6,8-11H,4,7,12-14H2,1H3,(H,21,22). The summed E-state index contributed by atoms with van der Waals surface area (Å²) in [5, 5.41) is 3.71.